The van der Waals surface area contributed by atoms with Crippen molar-refractivity contribution in [3.05, 3.63) is 29.8 Å². The van der Waals surface area contributed by atoms with E-state index in [4.69, 9.17) is 0 Å². The molecule has 2 fully saturated rings. The number of nitrogens with zero attached hydrogens (tertiary/aromatic N) is 1. The van der Waals surface area contributed by atoms with Gasteiger partial charge in [0.25, 0.3) is 5.91 Å². The van der Waals surface area contributed by atoms with Gasteiger partial charge in [-0.15, -0.1) is 12.4 Å². The standard InChI is InChI=1S/C17H25N3O3S.ClH/c1-12(2)7-19-24(22,23)16-5-3-13(4-6-16)17(21)20-10-14-8-18-9-15(14)11-20;/h3-6,12,14-15,18-19H,7-11H2,1-2H3;1H/t14-,15+;. The minimum atomic E-state index is -3.51. The summed E-state index contributed by atoms with van der Waals surface area (Å²) in [5.41, 5.74) is 0.547. The van der Waals surface area contributed by atoms with E-state index in [0.29, 0.717) is 23.9 Å². The third kappa shape index (κ3) is 4.53. The molecule has 0 aromatic heterocycles. The number of halogens is 1. The van der Waals surface area contributed by atoms with Gasteiger partial charge in [-0.05, 0) is 42.0 Å². The fraction of sp³-hybridized carbons (Fsp3) is 0.588. The van der Waals surface area contributed by atoms with E-state index < -0.39 is 10.0 Å². The second-order valence-electron chi connectivity index (χ2n) is 7.16. The fourth-order valence-corrected chi connectivity index (χ4v) is 4.55. The number of carbonyl (C=O) groups excluding carboxylic acids is 1. The summed E-state index contributed by atoms with van der Waals surface area (Å²) in [5, 5.41) is 3.36. The van der Waals surface area contributed by atoms with E-state index in [0.717, 1.165) is 26.2 Å². The molecule has 0 saturated carbocycles. The zero-order valence-corrected chi connectivity index (χ0v) is 16.2. The summed E-state index contributed by atoms with van der Waals surface area (Å²) >= 11 is 0. The number of hydrogen-bond acceptors (Lipinski definition) is 4. The zero-order chi connectivity index (χ0) is 17.3. The van der Waals surface area contributed by atoms with Crippen molar-refractivity contribution in [3.8, 4) is 0 Å². The van der Waals surface area contributed by atoms with Crippen molar-refractivity contribution in [2.24, 2.45) is 17.8 Å². The van der Waals surface area contributed by atoms with E-state index in [1.807, 2.05) is 18.7 Å². The lowest BCUT2D eigenvalue weighted by Gasteiger charge is -2.17. The molecule has 2 atom stereocenters. The van der Waals surface area contributed by atoms with Crippen LogP contribution in [0.1, 0.15) is 24.2 Å². The van der Waals surface area contributed by atoms with Gasteiger partial charge < -0.3 is 10.2 Å². The summed E-state index contributed by atoms with van der Waals surface area (Å²) in [5.74, 6) is 1.33. The van der Waals surface area contributed by atoms with Gasteiger partial charge in [0.15, 0.2) is 0 Å². The Morgan fingerprint density at radius 3 is 2.28 bits per heavy atom. The summed E-state index contributed by atoms with van der Waals surface area (Å²) in [6, 6.07) is 6.24. The van der Waals surface area contributed by atoms with Gasteiger partial charge in [-0.3, -0.25) is 4.79 Å². The predicted octanol–water partition coefficient (Wildman–Crippen LogP) is 1.33. The third-order valence-electron chi connectivity index (χ3n) is 4.77. The minimum Gasteiger partial charge on any atom is -0.338 e. The molecule has 2 heterocycles. The van der Waals surface area contributed by atoms with E-state index in [1.54, 1.807) is 12.1 Å². The van der Waals surface area contributed by atoms with Crippen molar-refractivity contribution in [3.63, 3.8) is 0 Å². The molecule has 0 aliphatic carbocycles. The maximum atomic E-state index is 12.6. The molecular weight excluding hydrogens is 362 g/mol. The van der Waals surface area contributed by atoms with E-state index in [9.17, 15) is 13.2 Å². The van der Waals surface area contributed by atoms with Crippen LogP contribution in [0, 0.1) is 17.8 Å². The normalized spacial score (nSPS) is 22.8. The van der Waals surface area contributed by atoms with E-state index in [2.05, 4.69) is 10.0 Å². The van der Waals surface area contributed by atoms with Crippen LogP contribution < -0.4 is 10.0 Å². The van der Waals surface area contributed by atoms with Gasteiger partial charge in [-0.25, -0.2) is 13.1 Å². The van der Waals surface area contributed by atoms with Crippen LogP contribution in [0.25, 0.3) is 0 Å². The number of rotatable bonds is 5. The molecule has 2 N–H and O–H groups in total. The molecule has 6 nitrogen and oxygen atoms in total. The summed E-state index contributed by atoms with van der Waals surface area (Å²) in [6.07, 6.45) is 0. The number of carbonyl (C=O) groups is 1. The van der Waals surface area contributed by atoms with Crippen LogP contribution in [0.4, 0.5) is 0 Å². The van der Waals surface area contributed by atoms with Crippen LogP contribution in [0.2, 0.25) is 0 Å². The number of hydrogen-bond donors (Lipinski definition) is 2. The van der Waals surface area contributed by atoms with Crippen molar-refractivity contribution in [1.29, 1.82) is 0 Å². The van der Waals surface area contributed by atoms with Crippen LogP contribution >= 0.6 is 12.4 Å². The molecule has 0 bridgehead atoms. The number of likely N-dealkylation sites (tertiary alicyclic amines) is 1. The lowest BCUT2D eigenvalue weighted by molar-refractivity contribution is 0.0781. The molecule has 2 saturated heterocycles. The van der Waals surface area contributed by atoms with Crippen LogP contribution in [-0.4, -0.2) is 51.9 Å². The zero-order valence-electron chi connectivity index (χ0n) is 14.6. The van der Waals surface area contributed by atoms with Gasteiger partial charge in [0, 0.05) is 38.3 Å². The molecule has 0 radical (unpaired) electrons. The molecular formula is C17H26ClN3O3S. The van der Waals surface area contributed by atoms with Gasteiger partial charge in [0.1, 0.15) is 0 Å². The van der Waals surface area contributed by atoms with Crippen LogP contribution in [0.15, 0.2) is 29.2 Å². The summed E-state index contributed by atoms with van der Waals surface area (Å²) < 4.78 is 27.0. The van der Waals surface area contributed by atoms with Gasteiger partial charge in [-0.1, -0.05) is 13.8 Å². The van der Waals surface area contributed by atoms with Gasteiger partial charge >= 0.3 is 0 Å². The molecule has 0 spiro atoms. The molecule has 3 rings (SSSR count). The number of fused-ring (bicyclic) bond motifs is 1. The molecule has 140 valence electrons. The Hall–Kier alpha value is -1.15. The average Bonchev–Trinajstić information content (AvgIpc) is 3.14. The quantitative estimate of drug-likeness (QED) is 0.799. The lowest BCUT2D eigenvalue weighted by Crippen LogP contribution is -2.32. The monoisotopic (exact) mass is 387 g/mol. The Labute approximate surface area is 155 Å². The SMILES string of the molecule is CC(C)CNS(=O)(=O)c1ccc(C(=O)N2C[C@H]3CNC[C@H]3C2)cc1.Cl. The highest BCUT2D eigenvalue weighted by molar-refractivity contribution is 7.89. The fourth-order valence-electron chi connectivity index (χ4n) is 3.34. The Balaban J connectivity index is 0.00000225. The van der Waals surface area contributed by atoms with Crippen molar-refractivity contribution in [2.45, 2.75) is 18.7 Å². The minimum absolute atomic E-state index is 0. The molecule has 1 aromatic rings. The first-order valence-electron chi connectivity index (χ1n) is 8.46. The van der Waals surface area contributed by atoms with Crippen LogP contribution in [0.3, 0.4) is 0 Å². The van der Waals surface area contributed by atoms with Crippen LogP contribution in [-0.2, 0) is 10.0 Å². The Kier molecular flexibility index (Phi) is 6.48. The van der Waals surface area contributed by atoms with Crippen LogP contribution in [0.5, 0.6) is 0 Å². The first-order valence-corrected chi connectivity index (χ1v) is 9.95. The largest absolute Gasteiger partial charge is 0.338 e. The van der Waals surface area contributed by atoms with Crippen molar-refractivity contribution in [2.75, 3.05) is 32.7 Å². The molecule has 8 heteroatoms. The predicted molar refractivity (Wildman–Crippen MR) is 99.5 cm³/mol. The number of amides is 1. The summed E-state index contributed by atoms with van der Waals surface area (Å²) in [4.78, 5) is 14.7. The highest BCUT2D eigenvalue weighted by Crippen LogP contribution is 2.27. The molecule has 2 aliphatic heterocycles. The maximum Gasteiger partial charge on any atom is 0.253 e. The number of benzene rings is 1. The lowest BCUT2D eigenvalue weighted by atomic mass is 10.0. The van der Waals surface area contributed by atoms with Crippen molar-refractivity contribution >= 4 is 28.3 Å². The topological polar surface area (TPSA) is 78.5 Å². The summed E-state index contributed by atoms with van der Waals surface area (Å²) in [6.45, 7) is 7.82. The van der Waals surface area contributed by atoms with E-state index >= 15 is 0 Å². The number of sulfonamides is 1. The number of nitrogens with one attached hydrogen (secondary N) is 2. The smallest absolute Gasteiger partial charge is 0.253 e. The highest BCUT2D eigenvalue weighted by Gasteiger charge is 2.38. The second kappa shape index (κ2) is 8.03. The van der Waals surface area contributed by atoms with E-state index in [1.165, 1.54) is 12.1 Å². The maximum absolute atomic E-state index is 12.6. The Morgan fingerprint density at radius 2 is 1.76 bits per heavy atom. The van der Waals surface area contributed by atoms with Gasteiger partial charge in [0.2, 0.25) is 10.0 Å². The van der Waals surface area contributed by atoms with Gasteiger partial charge in [0.05, 0.1) is 4.90 Å². The molecule has 2 aliphatic rings. The second-order valence-corrected chi connectivity index (χ2v) is 8.93. The van der Waals surface area contributed by atoms with Crippen molar-refractivity contribution in [1.82, 2.24) is 14.9 Å². The molecule has 25 heavy (non-hydrogen) atoms. The summed E-state index contributed by atoms with van der Waals surface area (Å²) in [7, 11) is -3.51. The molecule has 1 aromatic carbocycles. The molecule has 1 amide bonds. The Morgan fingerprint density at radius 1 is 1.20 bits per heavy atom. The van der Waals surface area contributed by atoms with Gasteiger partial charge in [-0.2, -0.15) is 0 Å². The highest BCUT2D eigenvalue weighted by atomic mass is 35.5. The third-order valence-corrected chi connectivity index (χ3v) is 6.21. The first kappa shape index (κ1) is 20.2. The molecule has 0 unspecified atom stereocenters. The average molecular weight is 388 g/mol. The van der Waals surface area contributed by atoms with E-state index in [-0.39, 0.29) is 29.1 Å². The van der Waals surface area contributed by atoms with Crippen molar-refractivity contribution < 1.29 is 13.2 Å². The first-order chi connectivity index (χ1) is 11.4. The Bertz CT molecular complexity index is 694.